The Morgan fingerprint density at radius 3 is 0.794 bits per heavy atom. The number of rotatable bonds is 12. The van der Waals surface area contributed by atoms with Gasteiger partial charge in [0.15, 0.2) is 0 Å². The summed E-state index contributed by atoms with van der Waals surface area (Å²) in [5.41, 5.74) is 41.5. The molecular weight excluding hydrogens is 1530 g/mol. The molecule has 0 atom stereocenters. The average molecular weight is 1620 g/mol. The summed E-state index contributed by atoms with van der Waals surface area (Å²) in [5, 5.41) is 7.75. The molecule has 0 spiro atoms. The third-order valence-electron chi connectivity index (χ3n) is 27.7. The van der Waals surface area contributed by atoms with Gasteiger partial charge in [-0.3, -0.25) is 0 Å². The first-order chi connectivity index (χ1) is 61.5. The van der Waals surface area contributed by atoms with Crippen LogP contribution in [0.2, 0.25) is 0 Å². The molecule has 3 heterocycles. The largest absolute Gasteiger partial charge is 0.345 e. The molecule has 0 radical (unpaired) electrons. The first kappa shape index (κ1) is 76.9. The lowest BCUT2D eigenvalue weighted by atomic mass is 9.82. The first-order valence-corrected chi connectivity index (χ1v) is 44.0. The molecular formula is C120H96N6. The van der Waals surface area contributed by atoms with Crippen molar-refractivity contribution < 1.29 is 0 Å². The molecule has 21 aromatic rings. The van der Waals surface area contributed by atoms with Gasteiger partial charge in [-0.2, -0.15) is 0 Å². The van der Waals surface area contributed by atoms with Crippen LogP contribution in [0, 0.1) is 0 Å². The molecule has 0 N–H and O–H groups in total. The Labute approximate surface area is 737 Å². The van der Waals surface area contributed by atoms with Crippen LogP contribution in [0.4, 0.5) is 34.1 Å². The molecule has 0 amide bonds. The number of benzene rings is 18. The van der Waals surface area contributed by atoms with Gasteiger partial charge in [-0.25, -0.2) is 0 Å². The lowest BCUT2D eigenvalue weighted by Gasteiger charge is -2.26. The van der Waals surface area contributed by atoms with Crippen molar-refractivity contribution >= 4 is 99.5 Å². The van der Waals surface area contributed by atoms with Crippen molar-refractivity contribution in [2.24, 2.45) is 0 Å². The summed E-state index contributed by atoms with van der Waals surface area (Å²) in [5.74, 6) is 0. The van der Waals surface area contributed by atoms with E-state index in [0.717, 1.165) is 0 Å². The molecule has 18 aromatic carbocycles. The molecule has 0 unspecified atom stereocenters. The zero-order valence-corrected chi connectivity index (χ0v) is 72.5. The van der Waals surface area contributed by atoms with Gasteiger partial charge in [0, 0.05) is 126 Å². The van der Waals surface area contributed by atoms with Crippen molar-refractivity contribution in [1.29, 1.82) is 0 Å². The molecule has 6 heteroatoms. The quantitative estimate of drug-likeness (QED) is 0.122. The Morgan fingerprint density at radius 1 is 0.175 bits per heavy atom. The third kappa shape index (κ3) is 12.7. The van der Waals surface area contributed by atoms with Crippen molar-refractivity contribution in [2.75, 3.05) is 35.8 Å². The molecule has 3 aliphatic rings. The molecule has 0 fully saturated rings. The van der Waals surface area contributed by atoms with E-state index in [-0.39, 0.29) is 16.2 Å². The number of para-hydroxylation sites is 7. The Kier molecular flexibility index (Phi) is 18.5. The van der Waals surface area contributed by atoms with Crippen LogP contribution in [0.1, 0.15) is 74.9 Å². The van der Waals surface area contributed by atoms with Gasteiger partial charge in [-0.1, -0.05) is 321 Å². The highest BCUT2D eigenvalue weighted by molar-refractivity contribution is 6.12. The zero-order valence-electron chi connectivity index (χ0n) is 72.5. The van der Waals surface area contributed by atoms with Gasteiger partial charge < -0.3 is 28.4 Å². The highest BCUT2D eigenvalue weighted by Crippen LogP contribution is 2.55. The molecule has 0 saturated carbocycles. The van der Waals surface area contributed by atoms with E-state index in [1.165, 1.54) is 217 Å². The highest BCUT2D eigenvalue weighted by Gasteiger charge is 2.40. The van der Waals surface area contributed by atoms with Crippen molar-refractivity contribution in [2.45, 2.75) is 57.8 Å². The van der Waals surface area contributed by atoms with Crippen molar-refractivity contribution in [3.8, 4) is 83.8 Å². The number of hydrogen-bond acceptors (Lipinski definition) is 3. The summed E-state index contributed by atoms with van der Waals surface area (Å²) in [4.78, 5) is 6.91. The maximum Gasteiger partial charge on any atom is 0.0541 e. The summed E-state index contributed by atoms with van der Waals surface area (Å²) < 4.78 is 7.26. The minimum Gasteiger partial charge on any atom is -0.345 e. The van der Waals surface area contributed by atoms with Gasteiger partial charge in [0.2, 0.25) is 0 Å². The second-order valence-electron chi connectivity index (χ2n) is 35.8. The maximum absolute atomic E-state index is 2.42. The molecule has 0 bridgehead atoms. The van der Waals surface area contributed by atoms with E-state index in [0.29, 0.717) is 0 Å². The summed E-state index contributed by atoms with van der Waals surface area (Å²) in [6.45, 7) is 14.2. The highest BCUT2D eigenvalue weighted by atomic mass is 15.1. The first-order valence-electron chi connectivity index (χ1n) is 44.0. The average Bonchev–Trinajstić information content (AvgIpc) is 1.57. The van der Waals surface area contributed by atoms with Crippen LogP contribution in [0.25, 0.3) is 149 Å². The summed E-state index contributed by atoms with van der Waals surface area (Å²) in [6.07, 6.45) is 0. The van der Waals surface area contributed by atoms with Crippen LogP contribution in [0.3, 0.4) is 0 Å². The topological polar surface area (TPSA) is 24.5 Å². The van der Waals surface area contributed by atoms with Crippen molar-refractivity contribution in [1.82, 2.24) is 13.7 Å². The van der Waals surface area contributed by atoms with Crippen molar-refractivity contribution in [3.63, 3.8) is 0 Å². The smallest absolute Gasteiger partial charge is 0.0541 e. The fourth-order valence-electron chi connectivity index (χ4n) is 20.9. The van der Waals surface area contributed by atoms with Gasteiger partial charge in [0.25, 0.3) is 0 Å². The summed E-state index contributed by atoms with van der Waals surface area (Å²) in [7, 11) is 6.51. The number of anilines is 6. The Morgan fingerprint density at radius 2 is 0.429 bits per heavy atom. The molecule has 3 aliphatic carbocycles. The van der Waals surface area contributed by atoms with Gasteiger partial charge >= 0.3 is 0 Å². The standard InChI is InChI=1S/3C40H32N2/c1-40(2)35-25-28(41(3)37-18-10-7-15-30(37)27-13-5-4-6-14-27)21-23-31(35)32-24-22-29(26-36(32)40)42-38-19-11-8-16-33(38)34-17-9-12-20-39(34)42;1-40(2)36-25-30(41(3)29-15-11-14-28(24-29)27-12-5-4-6-13-27)20-22-32(36)33-23-21-31(26-37(33)40)42-38-18-9-7-16-34(38)35-17-8-10-19-39(35)42;1-40(2)36-25-30(41(3)29-19-17-28(18-20-29)27-11-5-4-6-12-27)21-23-32(36)33-24-22-31(26-37(33)40)42-38-15-9-7-13-34(38)35-14-8-10-16-39(35)42/h3*4-26H,1-3H3. The van der Waals surface area contributed by atoms with E-state index in [4.69, 9.17) is 0 Å². The number of nitrogens with zero attached hydrogens (tertiary/aromatic N) is 6. The second-order valence-corrected chi connectivity index (χ2v) is 35.8. The maximum atomic E-state index is 2.42. The second kappa shape index (κ2) is 30.4. The monoisotopic (exact) mass is 1620 g/mol. The fraction of sp³-hybridized carbons (Fsp3) is 0.100. The number of aromatic nitrogens is 3. The summed E-state index contributed by atoms with van der Waals surface area (Å²) in [6, 6.07) is 153. The minimum atomic E-state index is -0.130. The number of fused-ring (bicyclic) bond motifs is 18. The van der Waals surface area contributed by atoms with Gasteiger partial charge in [-0.15, -0.1) is 0 Å². The SMILES string of the molecule is CN(c1ccc(-c2ccccc2)cc1)c1ccc2c(c1)C(C)(C)c1cc(-n3c4ccccc4c4ccccc43)ccc1-2.CN(c1ccc2c(c1)C(C)(C)c1cc(-n3c4ccccc4c4ccccc43)ccc1-2)c1ccccc1-c1ccccc1.CN(c1cccc(-c2ccccc2)c1)c1ccc2c(c1)C(C)(C)c1cc(-n3c4ccccc4c4ccccc43)ccc1-2. The molecule has 6 nitrogen and oxygen atoms in total. The lowest BCUT2D eigenvalue weighted by Crippen LogP contribution is -2.17. The van der Waals surface area contributed by atoms with E-state index >= 15 is 0 Å². The lowest BCUT2D eigenvalue weighted by molar-refractivity contribution is 0.659. The van der Waals surface area contributed by atoms with E-state index in [1.54, 1.807) is 0 Å². The van der Waals surface area contributed by atoms with E-state index in [9.17, 15) is 0 Å². The molecule has 24 rings (SSSR count). The Bertz CT molecular complexity index is 7690. The molecule has 0 saturated heterocycles. The van der Waals surface area contributed by atoms with E-state index in [2.05, 4.69) is 510 Å². The minimum absolute atomic E-state index is 0.118. The van der Waals surface area contributed by atoms with Crippen LogP contribution < -0.4 is 14.7 Å². The molecule has 126 heavy (non-hydrogen) atoms. The molecule has 606 valence electrons. The predicted molar refractivity (Wildman–Crippen MR) is 535 cm³/mol. The van der Waals surface area contributed by atoms with Crippen LogP contribution in [0.5, 0.6) is 0 Å². The van der Waals surface area contributed by atoms with Crippen LogP contribution in [-0.2, 0) is 16.2 Å². The summed E-state index contributed by atoms with van der Waals surface area (Å²) >= 11 is 0. The van der Waals surface area contributed by atoms with Gasteiger partial charge in [0.05, 0.1) is 33.1 Å². The third-order valence-corrected chi connectivity index (χ3v) is 27.7. The van der Waals surface area contributed by atoms with Gasteiger partial charge in [0.1, 0.15) is 0 Å². The van der Waals surface area contributed by atoms with E-state index in [1.807, 2.05) is 0 Å². The van der Waals surface area contributed by atoms with Crippen LogP contribution >= 0.6 is 0 Å². The molecule has 0 aliphatic heterocycles. The normalized spacial score (nSPS) is 13.3. The molecule has 3 aromatic heterocycles. The Balaban J connectivity index is 0.000000112. The van der Waals surface area contributed by atoms with Crippen molar-refractivity contribution in [3.05, 3.63) is 452 Å². The predicted octanol–water partition coefficient (Wildman–Crippen LogP) is 31.6. The van der Waals surface area contributed by atoms with Gasteiger partial charge in [-0.05, 0) is 234 Å². The number of hydrogen-bond donors (Lipinski definition) is 0. The fourth-order valence-corrected chi connectivity index (χ4v) is 20.9. The Hall–Kier alpha value is -15.2. The zero-order chi connectivity index (χ0) is 85.3. The van der Waals surface area contributed by atoms with Crippen LogP contribution in [-0.4, -0.2) is 34.8 Å². The van der Waals surface area contributed by atoms with Crippen LogP contribution in [0.15, 0.2) is 419 Å². The van der Waals surface area contributed by atoms with E-state index < -0.39 is 0 Å².